The van der Waals surface area contributed by atoms with E-state index in [1.54, 1.807) is 11.0 Å². The van der Waals surface area contributed by atoms with Crippen molar-refractivity contribution in [1.29, 1.82) is 0 Å². The van der Waals surface area contributed by atoms with Gasteiger partial charge in [0.2, 0.25) is 5.91 Å². The third kappa shape index (κ3) is 4.65. The van der Waals surface area contributed by atoms with Crippen LogP contribution in [0.4, 0.5) is 11.4 Å². The fraction of sp³-hybridized carbons (Fsp3) is 0.417. The minimum atomic E-state index is -0.0524. The van der Waals surface area contributed by atoms with E-state index in [-0.39, 0.29) is 17.7 Å². The first-order valence-electron chi connectivity index (χ1n) is 10.7. The largest absolute Gasteiger partial charge is 0.378 e. The second-order valence-corrected chi connectivity index (χ2v) is 8.04. The minimum absolute atomic E-state index is 0.000726. The Balaban J connectivity index is 1.37. The van der Waals surface area contributed by atoms with Crippen LogP contribution in [0.25, 0.3) is 0 Å². The summed E-state index contributed by atoms with van der Waals surface area (Å²) in [6.07, 6.45) is 1.61. The van der Waals surface area contributed by atoms with Gasteiger partial charge in [-0.15, -0.1) is 0 Å². The number of aryl methyl sites for hydroxylation is 1. The Kier molecular flexibility index (Phi) is 6.33. The van der Waals surface area contributed by atoms with E-state index < -0.39 is 0 Å². The fourth-order valence-electron chi connectivity index (χ4n) is 4.11. The molecule has 2 amide bonds. The summed E-state index contributed by atoms with van der Waals surface area (Å²) in [5, 5.41) is 3.03. The van der Waals surface area contributed by atoms with E-state index in [4.69, 9.17) is 4.74 Å². The predicted octanol–water partition coefficient (Wildman–Crippen LogP) is 3.32. The van der Waals surface area contributed by atoms with Crippen LogP contribution in [-0.4, -0.2) is 56.1 Å². The van der Waals surface area contributed by atoms with E-state index in [2.05, 4.69) is 41.4 Å². The van der Waals surface area contributed by atoms with Crippen molar-refractivity contribution < 1.29 is 14.3 Å². The first kappa shape index (κ1) is 20.4. The van der Waals surface area contributed by atoms with Crippen LogP contribution in [0.1, 0.15) is 28.8 Å². The van der Waals surface area contributed by atoms with Crippen molar-refractivity contribution >= 4 is 23.2 Å². The summed E-state index contributed by atoms with van der Waals surface area (Å²) < 4.78 is 5.34. The maximum Gasteiger partial charge on any atom is 0.256 e. The van der Waals surface area contributed by atoms with Gasteiger partial charge < -0.3 is 19.9 Å². The lowest BCUT2D eigenvalue weighted by Gasteiger charge is -2.33. The number of anilines is 2. The number of piperidine rings is 1. The first-order valence-corrected chi connectivity index (χ1v) is 10.7. The Morgan fingerprint density at radius 2 is 1.60 bits per heavy atom. The molecular formula is C24H29N3O3. The maximum absolute atomic E-state index is 12.9. The zero-order valence-electron chi connectivity index (χ0n) is 17.5. The number of para-hydroxylation sites is 1. The van der Waals surface area contributed by atoms with Crippen molar-refractivity contribution in [2.75, 3.05) is 49.6 Å². The van der Waals surface area contributed by atoms with E-state index in [0.717, 1.165) is 25.9 Å². The van der Waals surface area contributed by atoms with Gasteiger partial charge in [-0.1, -0.05) is 29.8 Å². The molecule has 4 rings (SSSR count). The van der Waals surface area contributed by atoms with Crippen LogP contribution < -0.4 is 10.2 Å². The number of benzene rings is 2. The molecule has 0 atom stereocenters. The third-order valence-electron chi connectivity index (χ3n) is 5.98. The molecule has 6 heteroatoms. The molecule has 0 aliphatic carbocycles. The highest BCUT2D eigenvalue weighted by Gasteiger charge is 2.27. The highest BCUT2D eigenvalue weighted by Crippen LogP contribution is 2.26. The molecule has 0 aromatic heterocycles. The number of carbonyl (C=O) groups excluding carboxylic acids is 2. The quantitative estimate of drug-likeness (QED) is 0.845. The van der Waals surface area contributed by atoms with Crippen LogP contribution in [0, 0.1) is 12.8 Å². The third-order valence-corrected chi connectivity index (χ3v) is 5.98. The number of nitrogens with zero attached hydrogens (tertiary/aromatic N) is 2. The summed E-state index contributed by atoms with van der Waals surface area (Å²) in [4.78, 5) is 30.0. The average Bonchev–Trinajstić information content (AvgIpc) is 2.80. The molecule has 0 saturated carbocycles. The van der Waals surface area contributed by atoms with Gasteiger partial charge in [-0.3, -0.25) is 9.59 Å². The lowest BCUT2D eigenvalue weighted by Crippen LogP contribution is -2.41. The van der Waals surface area contributed by atoms with Gasteiger partial charge in [0.05, 0.1) is 24.5 Å². The van der Waals surface area contributed by atoms with E-state index in [0.29, 0.717) is 37.6 Å². The molecule has 158 valence electrons. The zero-order chi connectivity index (χ0) is 20.9. The molecule has 2 saturated heterocycles. The molecule has 1 N–H and O–H groups in total. The van der Waals surface area contributed by atoms with Gasteiger partial charge in [0.1, 0.15) is 0 Å². The average molecular weight is 408 g/mol. The molecule has 2 aromatic carbocycles. The zero-order valence-corrected chi connectivity index (χ0v) is 17.5. The van der Waals surface area contributed by atoms with Crippen LogP contribution in [0.5, 0.6) is 0 Å². The number of carbonyl (C=O) groups is 2. The smallest absolute Gasteiger partial charge is 0.256 e. The van der Waals surface area contributed by atoms with Crippen molar-refractivity contribution in [2.24, 2.45) is 5.92 Å². The topological polar surface area (TPSA) is 61.9 Å². The van der Waals surface area contributed by atoms with Crippen molar-refractivity contribution in [3.63, 3.8) is 0 Å². The summed E-state index contributed by atoms with van der Waals surface area (Å²) in [7, 11) is 0. The predicted molar refractivity (Wildman–Crippen MR) is 118 cm³/mol. The number of rotatable bonds is 4. The highest BCUT2D eigenvalue weighted by molar-refractivity contribution is 6.04. The molecule has 2 aliphatic rings. The molecular weight excluding hydrogens is 378 g/mol. The summed E-state index contributed by atoms with van der Waals surface area (Å²) in [6.45, 7) is 6.07. The number of nitrogens with one attached hydrogen (secondary N) is 1. The van der Waals surface area contributed by atoms with Crippen LogP contribution in [0.2, 0.25) is 0 Å². The van der Waals surface area contributed by atoms with E-state index in [1.165, 1.54) is 11.3 Å². The number of hydrogen-bond acceptors (Lipinski definition) is 4. The number of amides is 2. The lowest BCUT2D eigenvalue weighted by atomic mass is 9.95. The Morgan fingerprint density at radius 3 is 2.30 bits per heavy atom. The first-order chi connectivity index (χ1) is 14.6. The summed E-state index contributed by atoms with van der Waals surface area (Å²) in [5.74, 6) is -0.0950. The molecule has 0 bridgehead atoms. The highest BCUT2D eigenvalue weighted by atomic mass is 16.5. The van der Waals surface area contributed by atoms with Gasteiger partial charge in [0, 0.05) is 37.8 Å². The second kappa shape index (κ2) is 9.30. The second-order valence-electron chi connectivity index (χ2n) is 8.04. The molecule has 0 unspecified atom stereocenters. The van der Waals surface area contributed by atoms with Gasteiger partial charge in [-0.05, 0) is 44.0 Å². The fourth-order valence-corrected chi connectivity index (χ4v) is 4.11. The van der Waals surface area contributed by atoms with Crippen LogP contribution >= 0.6 is 0 Å². The standard InChI is InChI=1S/C24H29N3O3/c1-18-6-8-20(9-7-18)26-12-10-19(11-13-26)23(28)25-22-5-3-2-4-21(22)24(29)27-14-16-30-17-15-27/h2-9,19H,10-17H2,1H3,(H,25,28). The lowest BCUT2D eigenvalue weighted by molar-refractivity contribution is -0.120. The maximum atomic E-state index is 12.9. The molecule has 0 spiro atoms. The summed E-state index contributed by atoms with van der Waals surface area (Å²) >= 11 is 0. The monoisotopic (exact) mass is 407 g/mol. The number of morpholine rings is 1. The SMILES string of the molecule is Cc1ccc(N2CCC(C(=O)Nc3ccccc3C(=O)N3CCOCC3)CC2)cc1. The molecule has 6 nitrogen and oxygen atoms in total. The van der Waals surface area contributed by atoms with Crippen LogP contribution in [0.3, 0.4) is 0 Å². The molecule has 2 fully saturated rings. The van der Waals surface area contributed by atoms with Crippen molar-refractivity contribution in [1.82, 2.24) is 4.90 Å². The van der Waals surface area contributed by atoms with Gasteiger partial charge >= 0.3 is 0 Å². The summed E-state index contributed by atoms with van der Waals surface area (Å²) in [6, 6.07) is 15.8. The van der Waals surface area contributed by atoms with Gasteiger partial charge in [-0.25, -0.2) is 0 Å². The van der Waals surface area contributed by atoms with Crippen LogP contribution in [0.15, 0.2) is 48.5 Å². The Labute approximate surface area is 177 Å². The van der Waals surface area contributed by atoms with Crippen LogP contribution in [-0.2, 0) is 9.53 Å². The Morgan fingerprint density at radius 1 is 0.933 bits per heavy atom. The number of ether oxygens (including phenoxy) is 1. The van der Waals surface area contributed by atoms with Crippen molar-refractivity contribution in [3.05, 3.63) is 59.7 Å². The van der Waals surface area contributed by atoms with E-state index in [9.17, 15) is 9.59 Å². The molecule has 2 heterocycles. The minimum Gasteiger partial charge on any atom is -0.378 e. The molecule has 0 radical (unpaired) electrons. The number of hydrogen-bond donors (Lipinski definition) is 1. The summed E-state index contributed by atoms with van der Waals surface area (Å²) in [5.41, 5.74) is 3.60. The molecule has 2 aliphatic heterocycles. The van der Waals surface area contributed by atoms with Gasteiger partial charge in [0.15, 0.2) is 0 Å². The van der Waals surface area contributed by atoms with Gasteiger partial charge in [0.25, 0.3) is 5.91 Å². The van der Waals surface area contributed by atoms with Crippen molar-refractivity contribution in [2.45, 2.75) is 19.8 Å². The Hall–Kier alpha value is -2.86. The molecule has 2 aromatic rings. The molecule has 30 heavy (non-hydrogen) atoms. The van der Waals surface area contributed by atoms with E-state index in [1.807, 2.05) is 18.2 Å². The normalized spacial score (nSPS) is 17.6. The van der Waals surface area contributed by atoms with E-state index >= 15 is 0 Å². The van der Waals surface area contributed by atoms with Gasteiger partial charge in [-0.2, -0.15) is 0 Å². The Bertz CT molecular complexity index is 883. The van der Waals surface area contributed by atoms with Crippen molar-refractivity contribution in [3.8, 4) is 0 Å².